The normalized spacial score (nSPS) is 31.5. The second-order valence-corrected chi connectivity index (χ2v) is 7.72. The van der Waals surface area contributed by atoms with E-state index < -0.39 is 0 Å². The van der Waals surface area contributed by atoms with Gasteiger partial charge in [-0.15, -0.1) is 0 Å². The first kappa shape index (κ1) is 16.3. The van der Waals surface area contributed by atoms with E-state index >= 15 is 0 Å². The Bertz CT molecular complexity index is 301. The topological polar surface area (TPSA) is 35.5 Å². The molecule has 2 aliphatic rings. The molecule has 0 spiro atoms. The molecule has 2 atom stereocenters. The summed E-state index contributed by atoms with van der Waals surface area (Å²) < 4.78 is 0. The Morgan fingerprint density at radius 3 is 2.40 bits per heavy atom. The van der Waals surface area contributed by atoms with E-state index in [1.165, 1.54) is 32.2 Å². The fourth-order valence-corrected chi connectivity index (χ4v) is 3.93. The Balaban J connectivity index is 2.02. The number of aliphatic hydroxyl groups excluding tert-OH is 1. The standard InChI is InChI=1S/C17H34N2O/c1-13(2)18-17(12-20)9-5-6-16(10-17)19(14(3)4)11-15-7-8-15/h13-16,18,20H,5-12H2,1-4H3. The molecular formula is C17H34N2O. The van der Waals surface area contributed by atoms with Gasteiger partial charge in [0.1, 0.15) is 0 Å². The summed E-state index contributed by atoms with van der Waals surface area (Å²) >= 11 is 0. The first-order chi connectivity index (χ1) is 9.46. The van der Waals surface area contributed by atoms with E-state index in [0.717, 1.165) is 18.8 Å². The van der Waals surface area contributed by atoms with E-state index in [1.807, 2.05) is 0 Å². The zero-order valence-corrected chi connectivity index (χ0v) is 13.9. The molecule has 3 nitrogen and oxygen atoms in total. The van der Waals surface area contributed by atoms with E-state index in [2.05, 4.69) is 37.9 Å². The lowest BCUT2D eigenvalue weighted by Crippen LogP contribution is -2.58. The fourth-order valence-electron chi connectivity index (χ4n) is 3.93. The molecule has 0 radical (unpaired) electrons. The van der Waals surface area contributed by atoms with Gasteiger partial charge >= 0.3 is 0 Å². The van der Waals surface area contributed by atoms with Crippen molar-refractivity contribution in [2.75, 3.05) is 13.2 Å². The van der Waals surface area contributed by atoms with Crippen LogP contribution in [0.4, 0.5) is 0 Å². The van der Waals surface area contributed by atoms with Crippen molar-refractivity contribution in [2.24, 2.45) is 5.92 Å². The highest BCUT2D eigenvalue weighted by molar-refractivity contribution is 4.98. The van der Waals surface area contributed by atoms with Crippen molar-refractivity contribution < 1.29 is 5.11 Å². The molecule has 0 heterocycles. The van der Waals surface area contributed by atoms with Gasteiger partial charge < -0.3 is 10.4 Å². The van der Waals surface area contributed by atoms with Crippen LogP contribution in [0.1, 0.15) is 66.2 Å². The molecule has 0 bridgehead atoms. The maximum atomic E-state index is 9.94. The highest BCUT2D eigenvalue weighted by Gasteiger charge is 2.39. The maximum Gasteiger partial charge on any atom is 0.0613 e. The molecule has 2 fully saturated rings. The van der Waals surface area contributed by atoms with Gasteiger partial charge in [-0.25, -0.2) is 0 Å². The number of hydrogen-bond donors (Lipinski definition) is 2. The van der Waals surface area contributed by atoms with Crippen molar-refractivity contribution in [3.05, 3.63) is 0 Å². The first-order valence-corrected chi connectivity index (χ1v) is 8.60. The lowest BCUT2D eigenvalue weighted by atomic mass is 9.78. The van der Waals surface area contributed by atoms with Gasteiger partial charge in [0.15, 0.2) is 0 Å². The van der Waals surface area contributed by atoms with Crippen molar-refractivity contribution in [2.45, 2.75) is 89.9 Å². The molecule has 2 saturated carbocycles. The van der Waals surface area contributed by atoms with Crippen LogP contribution in [0.5, 0.6) is 0 Å². The van der Waals surface area contributed by atoms with Crippen LogP contribution in [0.25, 0.3) is 0 Å². The molecule has 2 aliphatic carbocycles. The second-order valence-electron chi connectivity index (χ2n) is 7.72. The largest absolute Gasteiger partial charge is 0.394 e. The molecule has 3 heteroatoms. The first-order valence-electron chi connectivity index (χ1n) is 8.60. The average Bonchev–Trinajstić information content (AvgIpc) is 3.19. The van der Waals surface area contributed by atoms with Crippen molar-refractivity contribution in [1.29, 1.82) is 0 Å². The van der Waals surface area contributed by atoms with E-state index in [-0.39, 0.29) is 12.1 Å². The van der Waals surface area contributed by atoms with Gasteiger partial charge in [0, 0.05) is 30.2 Å². The van der Waals surface area contributed by atoms with Crippen LogP contribution in [-0.2, 0) is 0 Å². The van der Waals surface area contributed by atoms with Crippen LogP contribution in [0, 0.1) is 5.92 Å². The summed E-state index contributed by atoms with van der Waals surface area (Å²) in [5.74, 6) is 0.945. The molecule has 20 heavy (non-hydrogen) atoms. The number of hydrogen-bond acceptors (Lipinski definition) is 3. The predicted octanol–water partition coefficient (Wildman–Crippen LogP) is 2.78. The highest BCUT2D eigenvalue weighted by atomic mass is 16.3. The lowest BCUT2D eigenvalue weighted by Gasteiger charge is -2.46. The van der Waals surface area contributed by atoms with Crippen molar-refractivity contribution in [3.8, 4) is 0 Å². The van der Waals surface area contributed by atoms with Crippen LogP contribution >= 0.6 is 0 Å². The summed E-state index contributed by atoms with van der Waals surface area (Å²) in [6, 6.07) is 1.70. The van der Waals surface area contributed by atoms with Gasteiger partial charge in [0.05, 0.1) is 6.61 Å². The fraction of sp³-hybridized carbons (Fsp3) is 1.00. The van der Waals surface area contributed by atoms with Crippen LogP contribution < -0.4 is 5.32 Å². The van der Waals surface area contributed by atoms with Crippen LogP contribution in [0.15, 0.2) is 0 Å². The smallest absolute Gasteiger partial charge is 0.0613 e. The van der Waals surface area contributed by atoms with E-state index in [1.54, 1.807) is 0 Å². The molecule has 0 aromatic heterocycles. The quantitative estimate of drug-likeness (QED) is 0.754. The van der Waals surface area contributed by atoms with Gasteiger partial charge in [-0.3, -0.25) is 4.90 Å². The Kier molecular flexibility index (Phi) is 5.49. The van der Waals surface area contributed by atoms with Crippen LogP contribution in [0.3, 0.4) is 0 Å². The minimum Gasteiger partial charge on any atom is -0.394 e. The van der Waals surface area contributed by atoms with Gasteiger partial charge in [-0.1, -0.05) is 13.8 Å². The third kappa shape index (κ3) is 4.19. The SMILES string of the molecule is CC(C)NC1(CO)CCCC(N(CC2CC2)C(C)C)C1. The van der Waals surface area contributed by atoms with Crippen LogP contribution in [-0.4, -0.2) is 46.8 Å². The monoisotopic (exact) mass is 282 g/mol. The Labute approximate surface area is 125 Å². The van der Waals surface area contributed by atoms with Crippen molar-refractivity contribution in [3.63, 3.8) is 0 Å². The minimum absolute atomic E-state index is 0.0478. The highest BCUT2D eigenvalue weighted by Crippen LogP contribution is 2.36. The summed E-state index contributed by atoms with van der Waals surface area (Å²) in [6.45, 7) is 10.6. The van der Waals surface area contributed by atoms with E-state index in [4.69, 9.17) is 0 Å². The summed E-state index contributed by atoms with van der Waals surface area (Å²) in [5.41, 5.74) is -0.0478. The summed E-state index contributed by atoms with van der Waals surface area (Å²) in [5, 5.41) is 13.6. The molecule has 0 aromatic carbocycles. The second kappa shape index (κ2) is 6.76. The molecule has 0 aromatic rings. The van der Waals surface area contributed by atoms with Gasteiger partial charge in [-0.05, 0) is 58.3 Å². The van der Waals surface area contributed by atoms with E-state index in [0.29, 0.717) is 18.1 Å². The molecule has 118 valence electrons. The maximum absolute atomic E-state index is 9.94. The third-order valence-corrected chi connectivity index (χ3v) is 5.01. The summed E-state index contributed by atoms with van der Waals surface area (Å²) in [4.78, 5) is 2.71. The number of aliphatic hydroxyl groups is 1. The third-order valence-electron chi connectivity index (χ3n) is 5.01. The Hall–Kier alpha value is -0.120. The minimum atomic E-state index is -0.0478. The van der Waals surface area contributed by atoms with Gasteiger partial charge in [0.2, 0.25) is 0 Å². The number of rotatable bonds is 7. The number of nitrogens with one attached hydrogen (secondary N) is 1. The Morgan fingerprint density at radius 2 is 1.90 bits per heavy atom. The average molecular weight is 282 g/mol. The zero-order chi connectivity index (χ0) is 14.8. The molecule has 0 amide bonds. The van der Waals surface area contributed by atoms with Crippen molar-refractivity contribution in [1.82, 2.24) is 10.2 Å². The molecule has 2 rings (SSSR count). The van der Waals surface area contributed by atoms with Crippen molar-refractivity contribution >= 4 is 0 Å². The molecule has 0 saturated heterocycles. The molecule has 2 N–H and O–H groups in total. The number of nitrogens with zero attached hydrogens (tertiary/aromatic N) is 1. The zero-order valence-electron chi connectivity index (χ0n) is 13.9. The molecule has 0 aliphatic heterocycles. The van der Waals surface area contributed by atoms with E-state index in [9.17, 15) is 5.11 Å². The predicted molar refractivity (Wildman–Crippen MR) is 84.9 cm³/mol. The summed E-state index contributed by atoms with van der Waals surface area (Å²) in [6.07, 6.45) is 7.60. The summed E-state index contributed by atoms with van der Waals surface area (Å²) in [7, 11) is 0. The molecular weight excluding hydrogens is 248 g/mol. The Morgan fingerprint density at radius 1 is 1.20 bits per heavy atom. The molecule has 2 unspecified atom stereocenters. The lowest BCUT2D eigenvalue weighted by molar-refractivity contribution is 0.0387. The van der Waals surface area contributed by atoms with Gasteiger partial charge in [0.25, 0.3) is 0 Å². The van der Waals surface area contributed by atoms with Gasteiger partial charge in [-0.2, -0.15) is 0 Å². The van der Waals surface area contributed by atoms with Crippen LogP contribution in [0.2, 0.25) is 0 Å².